The number of sulfonamides is 1. The maximum absolute atomic E-state index is 12.6. The first kappa shape index (κ1) is 22.4. The summed E-state index contributed by atoms with van der Waals surface area (Å²) in [4.78, 5) is 26.7. The number of amides is 2. The molecular formula is C21H25N5O4S. The topological polar surface area (TPSA) is 145 Å². The number of nitrogens with zero attached hydrogens (tertiary/aromatic N) is 1. The van der Waals surface area contributed by atoms with Crippen molar-refractivity contribution in [3.05, 3.63) is 65.7 Å². The quantitative estimate of drug-likeness (QED) is 0.348. The van der Waals surface area contributed by atoms with Crippen molar-refractivity contribution in [2.45, 2.75) is 30.3 Å². The Morgan fingerprint density at radius 2 is 1.77 bits per heavy atom. The second kappa shape index (κ2) is 9.71. The minimum atomic E-state index is -3.80. The number of nitrogen functional groups attached to an aromatic ring is 1. The van der Waals surface area contributed by atoms with E-state index in [0.717, 1.165) is 5.56 Å². The lowest BCUT2D eigenvalue weighted by Crippen LogP contribution is -2.48. The number of carbonyl (C=O) groups excluding carboxylic acids is 2. The number of hydrogen-bond donors (Lipinski definition) is 4. The molecule has 31 heavy (non-hydrogen) atoms. The lowest BCUT2D eigenvalue weighted by Gasteiger charge is -2.24. The average Bonchev–Trinajstić information content (AvgIpc) is 3.27. The number of hydrogen-bond acceptors (Lipinski definition) is 5. The van der Waals surface area contributed by atoms with Gasteiger partial charge in [0.05, 0.1) is 11.4 Å². The molecule has 1 fully saturated rings. The van der Waals surface area contributed by atoms with Crippen molar-refractivity contribution in [3.63, 3.8) is 0 Å². The number of carbonyl (C=O) groups is 2. The van der Waals surface area contributed by atoms with Gasteiger partial charge in [-0.2, -0.15) is 0 Å². The molecular weight excluding hydrogens is 418 g/mol. The van der Waals surface area contributed by atoms with E-state index in [1.807, 2.05) is 0 Å². The van der Waals surface area contributed by atoms with Crippen molar-refractivity contribution in [2.24, 2.45) is 5.73 Å². The number of nitrogens with two attached hydrogens (primary N) is 1. The fourth-order valence-electron chi connectivity index (χ4n) is 3.39. The van der Waals surface area contributed by atoms with Crippen LogP contribution in [0.4, 0.5) is 0 Å². The van der Waals surface area contributed by atoms with Crippen molar-refractivity contribution >= 4 is 27.7 Å². The number of amidine groups is 1. The average molecular weight is 444 g/mol. The van der Waals surface area contributed by atoms with Crippen molar-refractivity contribution in [1.82, 2.24) is 14.9 Å². The Balaban J connectivity index is 1.55. The highest BCUT2D eigenvalue weighted by molar-refractivity contribution is 7.89. The predicted octanol–water partition coefficient (Wildman–Crippen LogP) is 0.556. The standard InChI is InChI=1S/C21H25N5O4S/c22-20(23)16-10-8-15(9-11-16)13-24-21(28)18-7-4-12-26(18)19(27)14-25-31(29,30)17-5-2-1-3-6-17/h1-3,5-6,8-11,18,25H,4,7,12-14H2,(H3,22,23)(H,24,28)/t18-/m0/s1. The van der Waals surface area contributed by atoms with Crippen LogP contribution in [0.3, 0.4) is 0 Å². The van der Waals surface area contributed by atoms with E-state index in [2.05, 4.69) is 10.0 Å². The van der Waals surface area contributed by atoms with E-state index in [4.69, 9.17) is 11.1 Å². The van der Waals surface area contributed by atoms with Gasteiger partial charge >= 0.3 is 0 Å². The maximum atomic E-state index is 12.6. The molecule has 3 rings (SSSR count). The molecule has 2 aromatic carbocycles. The van der Waals surface area contributed by atoms with Crippen LogP contribution in [-0.4, -0.2) is 50.1 Å². The van der Waals surface area contributed by atoms with E-state index in [0.29, 0.717) is 24.9 Å². The molecule has 0 unspecified atom stereocenters. The second-order valence-corrected chi connectivity index (χ2v) is 8.98. The number of benzene rings is 2. The number of likely N-dealkylation sites (tertiary alicyclic amines) is 1. The summed E-state index contributed by atoms with van der Waals surface area (Å²) < 4.78 is 26.9. The van der Waals surface area contributed by atoms with Crippen LogP contribution in [-0.2, 0) is 26.2 Å². The molecule has 0 aliphatic carbocycles. The predicted molar refractivity (Wildman–Crippen MR) is 116 cm³/mol. The Morgan fingerprint density at radius 3 is 2.42 bits per heavy atom. The summed E-state index contributed by atoms with van der Waals surface area (Å²) in [6.45, 7) is 0.265. The summed E-state index contributed by atoms with van der Waals surface area (Å²) >= 11 is 0. The summed E-state index contributed by atoms with van der Waals surface area (Å²) in [5.74, 6) is -0.756. The molecule has 164 valence electrons. The van der Waals surface area contributed by atoms with Gasteiger partial charge in [0.1, 0.15) is 11.9 Å². The third kappa shape index (κ3) is 5.68. The molecule has 1 atom stereocenters. The van der Waals surface area contributed by atoms with Gasteiger partial charge < -0.3 is 16.0 Å². The van der Waals surface area contributed by atoms with Crippen LogP contribution < -0.4 is 15.8 Å². The van der Waals surface area contributed by atoms with Crippen molar-refractivity contribution < 1.29 is 18.0 Å². The first-order chi connectivity index (χ1) is 14.8. The van der Waals surface area contributed by atoms with Gasteiger partial charge in [-0.15, -0.1) is 0 Å². The molecule has 0 aromatic heterocycles. The Labute approximate surface area is 181 Å². The normalized spacial score (nSPS) is 16.1. The first-order valence-electron chi connectivity index (χ1n) is 9.83. The van der Waals surface area contributed by atoms with Crippen molar-refractivity contribution in [3.8, 4) is 0 Å². The number of nitrogens with one attached hydrogen (secondary N) is 3. The van der Waals surface area contributed by atoms with Crippen LogP contribution in [0, 0.1) is 5.41 Å². The smallest absolute Gasteiger partial charge is 0.243 e. The van der Waals surface area contributed by atoms with Crippen LogP contribution >= 0.6 is 0 Å². The van der Waals surface area contributed by atoms with Gasteiger partial charge in [-0.3, -0.25) is 15.0 Å². The summed E-state index contributed by atoms with van der Waals surface area (Å²) in [5, 5.41) is 10.2. The van der Waals surface area contributed by atoms with Crippen LogP contribution in [0.15, 0.2) is 59.5 Å². The van der Waals surface area contributed by atoms with E-state index in [-0.39, 0.29) is 23.2 Å². The van der Waals surface area contributed by atoms with Crippen molar-refractivity contribution in [2.75, 3.05) is 13.1 Å². The van der Waals surface area contributed by atoms with Gasteiger partial charge in [-0.25, -0.2) is 13.1 Å². The monoisotopic (exact) mass is 443 g/mol. The summed E-state index contributed by atoms with van der Waals surface area (Å²) in [5.41, 5.74) is 6.87. The van der Waals surface area contributed by atoms with Crippen molar-refractivity contribution in [1.29, 1.82) is 5.41 Å². The Morgan fingerprint density at radius 1 is 1.10 bits per heavy atom. The minimum Gasteiger partial charge on any atom is -0.384 e. The fourth-order valence-corrected chi connectivity index (χ4v) is 4.38. The van der Waals surface area contributed by atoms with Crippen LogP contribution in [0.2, 0.25) is 0 Å². The van der Waals surface area contributed by atoms with Gasteiger partial charge in [-0.05, 0) is 30.5 Å². The summed E-state index contributed by atoms with van der Waals surface area (Å²) in [7, 11) is -3.80. The fraction of sp³-hybridized carbons (Fsp3) is 0.286. The SMILES string of the molecule is N=C(N)c1ccc(CNC(=O)[C@@H]2CCCN2C(=O)CNS(=O)(=O)c2ccccc2)cc1. The van der Waals surface area contributed by atoms with E-state index < -0.39 is 28.5 Å². The highest BCUT2D eigenvalue weighted by atomic mass is 32.2. The third-order valence-electron chi connectivity index (χ3n) is 5.07. The Bertz CT molecular complexity index is 1050. The molecule has 5 N–H and O–H groups in total. The molecule has 0 saturated carbocycles. The van der Waals surface area contributed by atoms with Crippen LogP contribution in [0.25, 0.3) is 0 Å². The van der Waals surface area contributed by atoms with E-state index >= 15 is 0 Å². The lowest BCUT2D eigenvalue weighted by molar-refractivity contribution is -0.137. The van der Waals surface area contributed by atoms with Gasteiger partial charge in [-0.1, -0.05) is 42.5 Å². The van der Waals surface area contributed by atoms with E-state index in [9.17, 15) is 18.0 Å². The van der Waals surface area contributed by atoms with Gasteiger partial charge in [0.25, 0.3) is 0 Å². The van der Waals surface area contributed by atoms with Gasteiger partial charge in [0.15, 0.2) is 0 Å². The largest absolute Gasteiger partial charge is 0.384 e. The zero-order chi connectivity index (χ0) is 22.4. The minimum absolute atomic E-state index is 0.0291. The Kier molecular flexibility index (Phi) is 7.03. The first-order valence-corrected chi connectivity index (χ1v) is 11.3. The van der Waals surface area contributed by atoms with Crippen LogP contribution in [0.5, 0.6) is 0 Å². The highest BCUT2D eigenvalue weighted by Crippen LogP contribution is 2.18. The molecule has 10 heteroatoms. The third-order valence-corrected chi connectivity index (χ3v) is 6.49. The maximum Gasteiger partial charge on any atom is 0.243 e. The molecule has 2 amide bonds. The second-order valence-electron chi connectivity index (χ2n) is 7.21. The molecule has 1 saturated heterocycles. The molecule has 0 spiro atoms. The summed E-state index contributed by atoms with van der Waals surface area (Å²) in [6, 6.07) is 14.1. The molecule has 1 aliphatic heterocycles. The lowest BCUT2D eigenvalue weighted by atomic mass is 10.1. The van der Waals surface area contributed by atoms with E-state index in [1.54, 1.807) is 42.5 Å². The molecule has 1 heterocycles. The molecule has 0 radical (unpaired) electrons. The van der Waals surface area contributed by atoms with Gasteiger partial charge in [0.2, 0.25) is 21.8 Å². The molecule has 9 nitrogen and oxygen atoms in total. The molecule has 0 bridgehead atoms. The highest BCUT2D eigenvalue weighted by Gasteiger charge is 2.34. The summed E-state index contributed by atoms with van der Waals surface area (Å²) in [6.07, 6.45) is 1.19. The number of rotatable bonds is 8. The van der Waals surface area contributed by atoms with Gasteiger partial charge in [0, 0.05) is 18.7 Å². The molecule has 2 aromatic rings. The van der Waals surface area contributed by atoms with Crippen LogP contribution in [0.1, 0.15) is 24.0 Å². The Hall–Kier alpha value is -3.24. The molecule has 1 aliphatic rings. The zero-order valence-electron chi connectivity index (χ0n) is 16.9. The van der Waals surface area contributed by atoms with E-state index in [1.165, 1.54) is 17.0 Å². The zero-order valence-corrected chi connectivity index (χ0v) is 17.7.